The van der Waals surface area contributed by atoms with E-state index in [0.29, 0.717) is 18.8 Å². The predicted molar refractivity (Wildman–Crippen MR) is 93.8 cm³/mol. The summed E-state index contributed by atoms with van der Waals surface area (Å²) in [5, 5.41) is 17.0. The molecule has 0 bridgehead atoms. The molecule has 4 aromatic rings. The van der Waals surface area contributed by atoms with E-state index in [4.69, 9.17) is 5.11 Å². The SMILES string of the molecule is Oc1ccccc1.[Pt].[c-]1c(Cn2cccn2)cncc1Cn1cccn1. The smallest absolute Gasteiger partial charge is 0.115 e. The monoisotopic (exact) mass is 527 g/mol. The summed E-state index contributed by atoms with van der Waals surface area (Å²) in [5.74, 6) is 0.322. The van der Waals surface area contributed by atoms with Crippen LogP contribution in [0, 0.1) is 6.07 Å². The quantitative estimate of drug-likeness (QED) is 0.415. The molecule has 0 unspecified atom stereocenters. The number of aromatic hydroxyl groups is 1. The molecule has 0 saturated carbocycles. The summed E-state index contributed by atoms with van der Waals surface area (Å²) in [6.45, 7) is 1.37. The van der Waals surface area contributed by atoms with E-state index < -0.39 is 0 Å². The summed E-state index contributed by atoms with van der Waals surface area (Å²) in [6, 6.07) is 15.9. The second-order valence-corrected chi connectivity index (χ2v) is 5.33. The van der Waals surface area contributed by atoms with Crippen LogP contribution in [0.4, 0.5) is 0 Å². The Hall–Kier alpha value is -2.72. The maximum Gasteiger partial charge on any atom is 0.115 e. The van der Waals surface area contributed by atoms with Crippen LogP contribution in [0.2, 0.25) is 0 Å². The van der Waals surface area contributed by atoms with Crippen LogP contribution in [0.5, 0.6) is 5.75 Å². The third-order valence-corrected chi connectivity index (χ3v) is 3.32. The number of nitrogens with zero attached hydrogens (tertiary/aromatic N) is 5. The number of phenolic OH excluding ortho intramolecular Hbond substituents is 1. The van der Waals surface area contributed by atoms with Gasteiger partial charge in [-0.1, -0.05) is 30.6 Å². The summed E-state index contributed by atoms with van der Waals surface area (Å²) in [7, 11) is 0. The molecule has 1 N–H and O–H groups in total. The Balaban J connectivity index is 0.000000258. The van der Waals surface area contributed by atoms with E-state index in [-0.39, 0.29) is 21.1 Å². The molecule has 136 valence electrons. The zero-order chi connectivity index (χ0) is 17.3. The summed E-state index contributed by atoms with van der Waals surface area (Å²) in [5.41, 5.74) is 2.03. The van der Waals surface area contributed by atoms with Crippen molar-refractivity contribution < 1.29 is 26.2 Å². The van der Waals surface area contributed by atoms with Gasteiger partial charge in [0.2, 0.25) is 0 Å². The fraction of sp³-hybridized carbons (Fsp3) is 0.105. The molecule has 3 heterocycles. The number of hydrogen-bond donors (Lipinski definition) is 1. The number of hydrogen-bond acceptors (Lipinski definition) is 4. The first-order valence-corrected chi connectivity index (χ1v) is 7.83. The van der Waals surface area contributed by atoms with E-state index in [1.807, 2.05) is 52.4 Å². The molecular weight excluding hydrogens is 509 g/mol. The zero-order valence-corrected chi connectivity index (χ0v) is 16.2. The van der Waals surface area contributed by atoms with Gasteiger partial charge in [-0.2, -0.15) is 16.3 Å². The van der Waals surface area contributed by atoms with E-state index >= 15 is 0 Å². The van der Waals surface area contributed by atoms with Crippen LogP contribution in [0.3, 0.4) is 0 Å². The molecule has 0 atom stereocenters. The van der Waals surface area contributed by atoms with Crippen molar-refractivity contribution >= 4 is 0 Å². The second-order valence-electron chi connectivity index (χ2n) is 5.33. The van der Waals surface area contributed by atoms with Gasteiger partial charge in [0.15, 0.2) is 0 Å². The molecule has 1 aromatic carbocycles. The number of benzene rings is 1. The van der Waals surface area contributed by atoms with Gasteiger partial charge in [0.1, 0.15) is 5.75 Å². The zero-order valence-electron chi connectivity index (χ0n) is 13.9. The Labute approximate surface area is 166 Å². The maximum atomic E-state index is 8.63. The van der Waals surface area contributed by atoms with Gasteiger partial charge < -0.3 is 10.1 Å². The number of pyridine rings is 1. The predicted octanol–water partition coefficient (Wildman–Crippen LogP) is 2.76. The Morgan fingerprint density at radius 1 is 0.808 bits per heavy atom. The van der Waals surface area contributed by atoms with Crippen LogP contribution in [-0.4, -0.2) is 29.7 Å². The number of rotatable bonds is 4. The fourth-order valence-electron chi connectivity index (χ4n) is 2.21. The maximum absolute atomic E-state index is 8.63. The van der Waals surface area contributed by atoms with Gasteiger partial charge >= 0.3 is 0 Å². The minimum Gasteiger partial charge on any atom is -0.508 e. The van der Waals surface area contributed by atoms with E-state index in [0.717, 1.165) is 11.1 Å². The van der Waals surface area contributed by atoms with Crippen molar-refractivity contribution in [2.45, 2.75) is 13.1 Å². The molecule has 0 saturated heterocycles. The average Bonchev–Trinajstić information content (AvgIpc) is 3.31. The van der Waals surface area contributed by atoms with Crippen LogP contribution < -0.4 is 0 Å². The van der Waals surface area contributed by atoms with E-state index in [9.17, 15) is 0 Å². The van der Waals surface area contributed by atoms with Crippen LogP contribution in [0.1, 0.15) is 11.1 Å². The molecule has 7 heteroatoms. The Bertz CT molecular complexity index is 813. The minimum atomic E-state index is 0. The molecule has 26 heavy (non-hydrogen) atoms. The van der Waals surface area contributed by atoms with Gasteiger partial charge in [-0.3, -0.25) is 9.36 Å². The molecule has 3 aromatic heterocycles. The first-order chi connectivity index (χ1) is 12.3. The summed E-state index contributed by atoms with van der Waals surface area (Å²) in [4.78, 5) is 4.23. The van der Waals surface area contributed by atoms with Crippen LogP contribution in [0.15, 0.2) is 79.6 Å². The Morgan fingerprint density at radius 2 is 1.35 bits per heavy atom. The van der Waals surface area contributed by atoms with Gasteiger partial charge in [-0.05, 0) is 24.3 Å². The molecule has 0 spiro atoms. The number of phenols is 1. The van der Waals surface area contributed by atoms with Crippen LogP contribution in [0.25, 0.3) is 0 Å². The van der Waals surface area contributed by atoms with Crippen molar-refractivity contribution in [2.24, 2.45) is 0 Å². The van der Waals surface area contributed by atoms with Crippen molar-refractivity contribution in [3.8, 4) is 5.75 Å². The molecule has 0 aliphatic rings. The number of para-hydroxylation sites is 1. The average molecular weight is 527 g/mol. The molecule has 0 aliphatic carbocycles. The van der Waals surface area contributed by atoms with Crippen molar-refractivity contribution in [3.05, 3.63) is 96.8 Å². The van der Waals surface area contributed by atoms with Crippen molar-refractivity contribution in [1.29, 1.82) is 0 Å². The largest absolute Gasteiger partial charge is 0.508 e. The van der Waals surface area contributed by atoms with Crippen molar-refractivity contribution in [1.82, 2.24) is 24.5 Å². The topological polar surface area (TPSA) is 68.8 Å². The molecular formula is C19H18N5OPt-. The van der Waals surface area contributed by atoms with E-state index in [1.54, 1.807) is 36.7 Å². The normalized spacial score (nSPS) is 9.69. The third-order valence-electron chi connectivity index (χ3n) is 3.32. The fourth-order valence-corrected chi connectivity index (χ4v) is 2.21. The third kappa shape index (κ3) is 6.30. The minimum absolute atomic E-state index is 0. The summed E-state index contributed by atoms with van der Waals surface area (Å²) in [6.07, 6.45) is 11.0. The summed E-state index contributed by atoms with van der Waals surface area (Å²) < 4.78 is 3.70. The van der Waals surface area contributed by atoms with Crippen LogP contribution in [-0.2, 0) is 34.2 Å². The van der Waals surface area contributed by atoms with Gasteiger partial charge in [-0.15, -0.1) is 11.1 Å². The molecule has 0 aliphatic heterocycles. The second kappa shape index (κ2) is 10.3. The first kappa shape index (κ1) is 19.6. The molecule has 0 fully saturated rings. The van der Waals surface area contributed by atoms with Gasteiger partial charge in [0, 0.05) is 58.9 Å². The van der Waals surface area contributed by atoms with Crippen molar-refractivity contribution in [3.63, 3.8) is 0 Å². The first-order valence-electron chi connectivity index (χ1n) is 7.83. The molecule has 0 amide bonds. The molecule has 4 rings (SSSR count). The van der Waals surface area contributed by atoms with Crippen LogP contribution >= 0.6 is 0 Å². The number of aromatic nitrogens is 5. The van der Waals surface area contributed by atoms with Gasteiger partial charge in [0.25, 0.3) is 0 Å². The molecule has 0 radical (unpaired) electrons. The van der Waals surface area contributed by atoms with E-state index in [1.165, 1.54) is 0 Å². The van der Waals surface area contributed by atoms with Gasteiger partial charge in [-0.25, -0.2) is 0 Å². The standard InChI is InChI=1S/C13H12N5.C6H6O.Pt/c1-3-15-17(5-1)10-12-7-13(9-14-8-12)11-18-6-2-4-16-18;7-6-4-2-1-3-5-6;/h1-6,8-9H,10-11H2;1-5,7H;/q-1;;. The summed E-state index contributed by atoms with van der Waals surface area (Å²) >= 11 is 0. The van der Waals surface area contributed by atoms with Gasteiger partial charge in [0.05, 0.1) is 0 Å². The molecule has 6 nitrogen and oxygen atoms in total. The van der Waals surface area contributed by atoms with Crippen molar-refractivity contribution in [2.75, 3.05) is 0 Å². The Morgan fingerprint density at radius 3 is 1.73 bits per heavy atom. The van der Waals surface area contributed by atoms with E-state index in [2.05, 4.69) is 21.2 Å². The Kier molecular flexibility index (Phi) is 7.77.